The van der Waals surface area contributed by atoms with Gasteiger partial charge in [0, 0.05) is 24.3 Å². The van der Waals surface area contributed by atoms with Crippen LogP contribution in [0.15, 0.2) is 0 Å². The fraction of sp³-hybridized carbons (Fsp3) is 0.692. The summed E-state index contributed by atoms with van der Waals surface area (Å²) in [5.74, 6) is -6.43. The molecule has 2 N–H and O–H groups in total. The SMILES string of the molecule is CC(C)(C)C[C@H](CC(=O)[O-])C(=O)N[C@H](CC(=O)[O-])C(=O)O. The maximum Gasteiger partial charge on any atom is 0.326 e. The Labute approximate surface area is 122 Å². The van der Waals surface area contributed by atoms with Crippen molar-refractivity contribution in [3.63, 3.8) is 0 Å². The van der Waals surface area contributed by atoms with Gasteiger partial charge in [-0.2, -0.15) is 0 Å². The standard InChI is InChI=1S/C13H21NO7/c1-13(2,3)6-7(4-9(15)16)11(19)14-8(12(20)21)5-10(17)18/h7-8H,4-6H2,1-3H3,(H,14,19)(H,15,16)(H,17,18)(H,20,21)/p-2/t7-,8+/m0/s1. The van der Waals surface area contributed by atoms with Crippen LogP contribution in [0.5, 0.6) is 0 Å². The van der Waals surface area contributed by atoms with Crippen molar-refractivity contribution in [2.75, 3.05) is 0 Å². The van der Waals surface area contributed by atoms with Gasteiger partial charge in [-0.25, -0.2) is 4.79 Å². The zero-order valence-corrected chi connectivity index (χ0v) is 12.2. The molecule has 0 bridgehead atoms. The molecule has 0 aliphatic rings. The maximum atomic E-state index is 12.0. The predicted octanol–water partition coefficient (Wildman–Crippen LogP) is -2.11. The first-order chi connectivity index (χ1) is 9.42. The van der Waals surface area contributed by atoms with Crippen molar-refractivity contribution < 1.29 is 34.5 Å². The van der Waals surface area contributed by atoms with E-state index in [0.29, 0.717) is 0 Å². The summed E-state index contributed by atoms with van der Waals surface area (Å²) in [7, 11) is 0. The van der Waals surface area contributed by atoms with E-state index in [1.165, 1.54) is 0 Å². The van der Waals surface area contributed by atoms with Gasteiger partial charge in [0.2, 0.25) is 5.91 Å². The monoisotopic (exact) mass is 301 g/mol. The molecule has 0 saturated heterocycles. The first kappa shape index (κ1) is 18.9. The van der Waals surface area contributed by atoms with Crippen molar-refractivity contribution in [1.82, 2.24) is 5.32 Å². The van der Waals surface area contributed by atoms with Gasteiger partial charge in [-0.1, -0.05) is 20.8 Å². The van der Waals surface area contributed by atoms with E-state index < -0.39 is 48.6 Å². The average Bonchev–Trinajstić information content (AvgIpc) is 2.23. The average molecular weight is 301 g/mol. The smallest absolute Gasteiger partial charge is 0.326 e. The number of hydrogen-bond donors (Lipinski definition) is 2. The number of aliphatic carboxylic acids is 3. The van der Waals surface area contributed by atoms with E-state index in [2.05, 4.69) is 0 Å². The lowest BCUT2D eigenvalue weighted by molar-refractivity contribution is -0.308. The third-order valence-corrected chi connectivity index (χ3v) is 2.63. The summed E-state index contributed by atoms with van der Waals surface area (Å²) in [6, 6.07) is -1.66. The second-order valence-electron chi connectivity index (χ2n) is 6.01. The first-order valence-corrected chi connectivity index (χ1v) is 6.35. The Balaban J connectivity index is 4.96. The molecule has 0 aliphatic heterocycles. The third kappa shape index (κ3) is 8.61. The summed E-state index contributed by atoms with van der Waals surface area (Å²) in [5.41, 5.74) is -0.371. The molecular formula is C13H19NO7-2. The van der Waals surface area contributed by atoms with Gasteiger partial charge in [0.1, 0.15) is 6.04 Å². The quantitative estimate of drug-likeness (QED) is 0.521. The van der Waals surface area contributed by atoms with Crippen molar-refractivity contribution >= 4 is 23.8 Å². The highest BCUT2D eigenvalue weighted by atomic mass is 16.4. The second kappa shape index (κ2) is 7.61. The molecule has 8 heteroatoms. The Kier molecular flexibility index (Phi) is 6.84. The van der Waals surface area contributed by atoms with Crippen LogP contribution in [0.25, 0.3) is 0 Å². The first-order valence-electron chi connectivity index (χ1n) is 6.35. The molecule has 0 saturated carbocycles. The third-order valence-electron chi connectivity index (χ3n) is 2.63. The zero-order chi connectivity index (χ0) is 16.8. The number of carboxylic acids is 3. The van der Waals surface area contributed by atoms with Crippen molar-refractivity contribution in [3.05, 3.63) is 0 Å². The Bertz CT molecular complexity index is 425. The van der Waals surface area contributed by atoms with Crippen LogP contribution in [0.3, 0.4) is 0 Å². The minimum atomic E-state index is -1.66. The van der Waals surface area contributed by atoms with Gasteiger partial charge in [-0.15, -0.1) is 0 Å². The van der Waals surface area contributed by atoms with Crippen molar-refractivity contribution in [3.8, 4) is 0 Å². The van der Waals surface area contributed by atoms with Crippen LogP contribution in [0.2, 0.25) is 0 Å². The number of rotatable bonds is 8. The molecule has 0 fully saturated rings. The van der Waals surface area contributed by atoms with E-state index in [9.17, 15) is 29.4 Å². The van der Waals surface area contributed by atoms with Crippen LogP contribution in [-0.2, 0) is 19.2 Å². The Morgan fingerprint density at radius 1 is 1.05 bits per heavy atom. The van der Waals surface area contributed by atoms with E-state index in [1.54, 1.807) is 20.8 Å². The molecular weight excluding hydrogens is 282 g/mol. The number of nitrogens with one attached hydrogen (secondary N) is 1. The van der Waals surface area contributed by atoms with Crippen LogP contribution in [0, 0.1) is 11.3 Å². The molecule has 0 aromatic rings. The van der Waals surface area contributed by atoms with E-state index in [4.69, 9.17) is 5.11 Å². The predicted molar refractivity (Wildman–Crippen MR) is 66.4 cm³/mol. The van der Waals surface area contributed by atoms with Gasteiger partial charge in [-0.05, 0) is 18.3 Å². The Hall–Kier alpha value is -2.12. The summed E-state index contributed by atoms with van der Waals surface area (Å²) in [5, 5.41) is 32.0. The summed E-state index contributed by atoms with van der Waals surface area (Å²) >= 11 is 0. The molecule has 0 spiro atoms. The molecule has 8 nitrogen and oxygen atoms in total. The summed E-state index contributed by atoms with van der Waals surface area (Å²) in [4.78, 5) is 44.0. The van der Waals surface area contributed by atoms with Crippen LogP contribution in [0.1, 0.15) is 40.0 Å². The highest BCUT2D eigenvalue weighted by Gasteiger charge is 2.28. The largest absolute Gasteiger partial charge is 0.550 e. The van der Waals surface area contributed by atoms with Gasteiger partial charge in [-0.3, -0.25) is 4.79 Å². The maximum absolute atomic E-state index is 12.0. The van der Waals surface area contributed by atoms with Crippen molar-refractivity contribution in [2.24, 2.45) is 11.3 Å². The number of carbonyl (C=O) groups is 4. The van der Waals surface area contributed by atoms with Gasteiger partial charge in [0.15, 0.2) is 0 Å². The number of hydrogen-bond acceptors (Lipinski definition) is 6. The molecule has 120 valence electrons. The highest BCUT2D eigenvalue weighted by Crippen LogP contribution is 2.26. The number of carboxylic acid groups (broad SMARTS) is 3. The molecule has 0 unspecified atom stereocenters. The van der Waals surface area contributed by atoms with E-state index in [-0.39, 0.29) is 11.8 Å². The molecule has 21 heavy (non-hydrogen) atoms. The Morgan fingerprint density at radius 3 is 1.86 bits per heavy atom. The summed E-state index contributed by atoms with van der Waals surface area (Å²) in [6.07, 6.45) is -1.28. The lowest BCUT2D eigenvalue weighted by Crippen LogP contribution is -2.48. The molecule has 0 radical (unpaired) electrons. The molecule has 2 atom stereocenters. The van der Waals surface area contributed by atoms with Crippen LogP contribution in [-0.4, -0.2) is 35.0 Å². The number of carbonyl (C=O) groups excluding carboxylic acids is 3. The van der Waals surface area contributed by atoms with E-state index in [0.717, 1.165) is 0 Å². The fourth-order valence-electron chi connectivity index (χ4n) is 1.85. The second-order valence-corrected chi connectivity index (χ2v) is 6.01. The topological polar surface area (TPSA) is 147 Å². The lowest BCUT2D eigenvalue weighted by atomic mass is 9.82. The zero-order valence-electron chi connectivity index (χ0n) is 12.2. The molecule has 0 aromatic heterocycles. The minimum Gasteiger partial charge on any atom is -0.550 e. The van der Waals surface area contributed by atoms with Crippen LogP contribution in [0.4, 0.5) is 0 Å². The van der Waals surface area contributed by atoms with Crippen molar-refractivity contribution in [1.29, 1.82) is 0 Å². The van der Waals surface area contributed by atoms with Crippen molar-refractivity contribution in [2.45, 2.75) is 46.1 Å². The van der Waals surface area contributed by atoms with Crippen LogP contribution >= 0.6 is 0 Å². The molecule has 0 rings (SSSR count). The Morgan fingerprint density at radius 2 is 1.52 bits per heavy atom. The van der Waals surface area contributed by atoms with E-state index >= 15 is 0 Å². The molecule has 0 aromatic carbocycles. The highest BCUT2D eigenvalue weighted by molar-refractivity contribution is 5.88. The van der Waals surface area contributed by atoms with Gasteiger partial charge < -0.3 is 30.2 Å². The fourth-order valence-corrected chi connectivity index (χ4v) is 1.85. The van der Waals surface area contributed by atoms with Gasteiger partial charge in [0.25, 0.3) is 0 Å². The van der Waals surface area contributed by atoms with Crippen LogP contribution < -0.4 is 15.5 Å². The molecule has 0 aliphatic carbocycles. The van der Waals surface area contributed by atoms with E-state index in [1.807, 2.05) is 5.32 Å². The molecule has 0 heterocycles. The lowest BCUT2D eigenvalue weighted by Gasteiger charge is -2.27. The minimum absolute atomic E-state index is 0.185. The number of amides is 1. The molecule has 1 amide bonds. The summed E-state index contributed by atoms with van der Waals surface area (Å²) < 4.78 is 0. The summed E-state index contributed by atoms with van der Waals surface area (Å²) in [6.45, 7) is 5.37. The normalized spacial score (nSPS) is 14.0. The van der Waals surface area contributed by atoms with Gasteiger partial charge >= 0.3 is 5.97 Å². The van der Waals surface area contributed by atoms with Gasteiger partial charge in [0.05, 0.1) is 0 Å².